The molecule has 0 bridgehead atoms. The van der Waals surface area contributed by atoms with E-state index in [0.717, 1.165) is 25.0 Å². The molecule has 0 fully saturated rings. The maximum atomic E-state index is 11.9. The molecule has 1 aliphatic rings. The molecule has 2 atom stereocenters. The number of aryl methyl sites for hydroxylation is 1. The summed E-state index contributed by atoms with van der Waals surface area (Å²) in [6.45, 7) is 0.711. The topological polar surface area (TPSA) is 55.1 Å². The number of carbonyl (C=O) groups excluding carboxylic acids is 1. The number of hydrogen-bond donors (Lipinski definition) is 2. The number of carbonyl (C=O) groups is 1. The first-order chi connectivity index (χ1) is 9.22. The highest BCUT2D eigenvalue weighted by Crippen LogP contribution is 2.32. The van der Waals surface area contributed by atoms with Gasteiger partial charge in [-0.3, -0.25) is 4.79 Å². The molecule has 1 unspecified atom stereocenters. The normalized spacial score (nSPS) is 18.0. The van der Waals surface area contributed by atoms with Crippen molar-refractivity contribution in [2.75, 3.05) is 18.6 Å². The molecule has 0 radical (unpaired) electrons. The van der Waals surface area contributed by atoms with Crippen LogP contribution in [0.5, 0.6) is 0 Å². The van der Waals surface area contributed by atoms with Crippen molar-refractivity contribution in [1.29, 1.82) is 0 Å². The molecule has 1 aromatic carbocycles. The van der Waals surface area contributed by atoms with E-state index in [2.05, 4.69) is 29.6 Å². The van der Waals surface area contributed by atoms with Crippen LogP contribution in [0.25, 0.3) is 0 Å². The average molecular weight is 315 g/mol. The standard InChI is InChI=1S/C15H22N2OS.ClH/c1-19-9-8-14(16)15(18)17-10-12-7-6-11-4-2-3-5-13(11)12;/h2-5,12,14H,6-10,16H2,1H3,(H,17,18);1H/t12?,14-;/m0./s1. The van der Waals surface area contributed by atoms with Gasteiger partial charge in [-0.2, -0.15) is 11.8 Å². The van der Waals surface area contributed by atoms with Crippen molar-refractivity contribution < 1.29 is 4.79 Å². The van der Waals surface area contributed by atoms with E-state index in [-0.39, 0.29) is 24.4 Å². The fourth-order valence-corrected chi connectivity index (χ4v) is 3.08. The zero-order valence-corrected chi connectivity index (χ0v) is 13.4. The van der Waals surface area contributed by atoms with Gasteiger partial charge in [0.15, 0.2) is 0 Å². The van der Waals surface area contributed by atoms with Crippen LogP contribution in [-0.2, 0) is 11.2 Å². The number of rotatable bonds is 6. The van der Waals surface area contributed by atoms with Crippen LogP contribution in [0.3, 0.4) is 0 Å². The summed E-state index contributed by atoms with van der Waals surface area (Å²) in [5.41, 5.74) is 8.67. The first kappa shape index (κ1) is 17.3. The molecule has 112 valence electrons. The largest absolute Gasteiger partial charge is 0.354 e. The van der Waals surface area contributed by atoms with Gasteiger partial charge >= 0.3 is 0 Å². The predicted octanol–water partition coefficient (Wildman–Crippen LogP) is 2.33. The highest BCUT2D eigenvalue weighted by molar-refractivity contribution is 7.98. The van der Waals surface area contributed by atoms with E-state index in [1.165, 1.54) is 11.1 Å². The zero-order valence-electron chi connectivity index (χ0n) is 11.8. The second kappa shape index (κ2) is 8.55. The third kappa shape index (κ3) is 4.40. The molecule has 3 N–H and O–H groups in total. The lowest BCUT2D eigenvalue weighted by Crippen LogP contribution is -2.42. The number of halogens is 1. The summed E-state index contributed by atoms with van der Waals surface area (Å²) in [5, 5.41) is 3.00. The van der Waals surface area contributed by atoms with Crippen LogP contribution < -0.4 is 11.1 Å². The molecular weight excluding hydrogens is 292 g/mol. The van der Waals surface area contributed by atoms with Gasteiger partial charge in [0.25, 0.3) is 0 Å². The zero-order chi connectivity index (χ0) is 13.7. The van der Waals surface area contributed by atoms with Crippen LogP contribution >= 0.6 is 24.2 Å². The van der Waals surface area contributed by atoms with Gasteiger partial charge in [-0.15, -0.1) is 12.4 Å². The van der Waals surface area contributed by atoms with Gasteiger partial charge in [0.05, 0.1) is 6.04 Å². The van der Waals surface area contributed by atoms with E-state index in [1.54, 1.807) is 11.8 Å². The number of benzene rings is 1. The highest BCUT2D eigenvalue weighted by atomic mass is 35.5. The number of fused-ring (bicyclic) bond motifs is 1. The van der Waals surface area contributed by atoms with Crippen molar-refractivity contribution in [3.63, 3.8) is 0 Å². The first-order valence-electron chi connectivity index (χ1n) is 6.82. The monoisotopic (exact) mass is 314 g/mol. The van der Waals surface area contributed by atoms with E-state index < -0.39 is 0 Å². The Kier molecular flexibility index (Phi) is 7.41. The van der Waals surface area contributed by atoms with Crippen LogP contribution in [0.2, 0.25) is 0 Å². The molecule has 3 nitrogen and oxygen atoms in total. The Morgan fingerprint density at radius 1 is 1.50 bits per heavy atom. The molecule has 1 aromatic rings. The molecular formula is C15H23ClN2OS. The SMILES string of the molecule is CSCC[C@H](N)C(=O)NCC1CCc2ccccc21.Cl. The second-order valence-corrected chi connectivity index (χ2v) is 6.05. The Labute approximate surface area is 131 Å². The van der Waals surface area contributed by atoms with E-state index in [9.17, 15) is 4.79 Å². The quantitative estimate of drug-likeness (QED) is 0.847. The molecule has 0 saturated heterocycles. The maximum Gasteiger partial charge on any atom is 0.236 e. The summed E-state index contributed by atoms with van der Waals surface area (Å²) in [4.78, 5) is 11.9. The number of hydrogen-bond acceptors (Lipinski definition) is 3. The summed E-state index contributed by atoms with van der Waals surface area (Å²) < 4.78 is 0. The molecule has 0 aliphatic heterocycles. The molecule has 1 aliphatic carbocycles. The van der Waals surface area contributed by atoms with Crippen molar-refractivity contribution in [1.82, 2.24) is 5.32 Å². The molecule has 20 heavy (non-hydrogen) atoms. The van der Waals surface area contributed by atoms with Crippen molar-refractivity contribution in [2.45, 2.75) is 31.2 Å². The Morgan fingerprint density at radius 3 is 3.00 bits per heavy atom. The Hall–Kier alpha value is -0.710. The van der Waals surface area contributed by atoms with Crippen LogP contribution in [0.1, 0.15) is 29.9 Å². The average Bonchev–Trinajstić information content (AvgIpc) is 2.85. The molecule has 0 heterocycles. The second-order valence-electron chi connectivity index (χ2n) is 5.07. The molecule has 2 rings (SSSR count). The van der Waals surface area contributed by atoms with Crippen molar-refractivity contribution in [3.8, 4) is 0 Å². The van der Waals surface area contributed by atoms with Crippen LogP contribution in [0.4, 0.5) is 0 Å². The van der Waals surface area contributed by atoms with Crippen LogP contribution in [0, 0.1) is 0 Å². The van der Waals surface area contributed by atoms with E-state index in [4.69, 9.17) is 5.73 Å². The highest BCUT2D eigenvalue weighted by Gasteiger charge is 2.23. The van der Waals surface area contributed by atoms with Gasteiger partial charge in [0.1, 0.15) is 0 Å². The first-order valence-corrected chi connectivity index (χ1v) is 8.21. The summed E-state index contributed by atoms with van der Waals surface area (Å²) in [7, 11) is 0. The minimum absolute atomic E-state index is 0. The van der Waals surface area contributed by atoms with Gasteiger partial charge in [-0.05, 0) is 42.4 Å². The van der Waals surface area contributed by atoms with Crippen molar-refractivity contribution in [3.05, 3.63) is 35.4 Å². The van der Waals surface area contributed by atoms with Gasteiger partial charge in [-0.25, -0.2) is 0 Å². The van der Waals surface area contributed by atoms with E-state index in [0.29, 0.717) is 12.5 Å². The summed E-state index contributed by atoms with van der Waals surface area (Å²) in [5.74, 6) is 1.37. The smallest absolute Gasteiger partial charge is 0.236 e. The minimum Gasteiger partial charge on any atom is -0.354 e. The summed E-state index contributed by atoms with van der Waals surface area (Å²) in [6, 6.07) is 8.14. The third-order valence-electron chi connectivity index (χ3n) is 3.75. The van der Waals surface area contributed by atoms with Crippen molar-refractivity contribution in [2.24, 2.45) is 5.73 Å². The van der Waals surface area contributed by atoms with Gasteiger partial charge < -0.3 is 11.1 Å². The van der Waals surface area contributed by atoms with Gasteiger partial charge in [-0.1, -0.05) is 24.3 Å². The summed E-state index contributed by atoms with van der Waals surface area (Å²) in [6.07, 6.45) is 5.02. The predicted molar refractivity (Wildman–Crippen MR) is 88.7 cm³/mol. The number of nitrogens with two attached hydrogens (primary N) is 1. The molecule has 1 amide bonds. The lowest BCUT2D eigenvalue weighted by Gasteiger charge is -2.15. The Balaban J connectivity index is 0.00000200. The Morgan fingerprint density at radius 2 is 2.25 bits per heavy atom. The number of amides is 1. The Bertz CT molecular complexity index is 442. The fraction of sp³-hybridized carbons (Fsp3) is 0.533. The number of nitrogens with one attached hydrogen (secondary N) is 1. The van der Waals surface area contributed by atoms with Crippen LogP contribution in [-0.4, -0.2) is 30.5 Å². The van der Waals surface area contributed by atoms with Crippen molar-refractivity contribution >= 4 is 30.1 Å². The molecule has 0 saturated carbocycles. The van der Waals surface area contributed by atoms with Crippen LogP contribution in [0.15, 0.2) is 24.3 Å². The minimum atomic E-state index is -0.371. The summed E-state index contributed by atoms with van der Waals surface area (Å²) >= 11 is 1.72. The molecule has 5 heteroatoms. The molecule has 0 spiro atoms. The van der Waals surface area contributed by atoms with Gasteiger partial charge in [0.2, 0.25) is 5.91 Å². The number of thioether (sulfide) groups is 1. The lowest BCUT2D eigenvalue weighted by atomic mass is 10.0. The molecule has 0 aromatic heterocycles. The fourth-order valence-electron chi connectivity index (χ4n) is 2.59. The van der Waals surface area contributed by atoms with Gasteiger partial charge in [0, 0.05) is 12.5 Å². The third-order valence-corrected chi connectivity index (χ3v) is 4.39. The maximum absolute atomic E-state index is 11.9. The van der Waals surface area contributed by atoms with E-state index >= 15 is 0 Å². The van der Waals surface area contributed by atoms with E-state index in [1.807, 2.05) is 6.26 Å². The lowest BCUT2D eigenvalue weighted by molar-refractivity contribution is -0.122.